The van der Waals surface area contributed by atoms with Crippen molar-refractivity contribution in [2.24, 2.45) is 0 Å². The number of nitrogens with one attached hydrogen (secondary N) is 1. The van der Waals surface area contributed by atoms with Gasteiger partial charge in [-0.25, -0.2) is 4.39 Å². The maximum absolute atomic E-state index is 13.0. The summed E-state index contributed by atoms with van der Waals surface area (Å²) in [7, 11) is 0. The van der Waals surface area contributed by atoms with Crippen LogP contribution in [0.3, 0.4) is 0 Å². The summed E-state index contributed by atoms with van der Waals surface area (Å²) in [5.41, 5.74) is 1.20. The Morgan fingerprint density at radius 1 is 1.00 bits per heavy atom. The molecule has 2 aromatic carbocycles. The topological polar surface area (TPSA) is 75.2 Å². The number of halogens is 1. The van der Waals surface area contributed by atoms with Crippen molar-refractivity contribution < 1.29 is 14.0 Å². The molecule has 1 fully saturated rings. The maximum Gasteiger partial charge on any atom is 0.286 e. The minimum absolute atomic E-state index is 0.0939. The molecule has 0 saturated carbocycles. The van der Waals surface area contributed by atoms with Crippen LogP contribution in [0.5, 0.6) is 0 Å². The fourth-order valence-electron chi connectivity index (χ4n) is 3.30. The molecule has 1 aliphatic rings. The number of carbonyl (C=O) groups excluding carboxylic acids is 2. The number of para-hydroxylation sites is 1. The SMILES string of the molecule is O=C(Nc1ccccc1)c1nnc(C2CCN(C(=O)c3ccc(F)cc3)CC2)s1. The Hall–Kier alpha value is -3.13. The molecule has 8 heteroatoms. The Balaban J connectivity index is 1.35. The number of piperidine rings is 1. The van der Waals surface area contributed by atoms with E-state index in [0.717, 1.165) is 17.8 Å². The van der Waals surface area contributed by atoms with Crippen LogP contribution in [0.25, 0.3) is 0 Å². The van der Waals surface area contributed by atoms with Crippen LogP contribution in [0.1, 0.15) is 43.9 Å². The number of likely N-dealkylation sites (tertiary alicyclic amines) is 1. The minimum Gasteiger partial charge on any atom is -0.339 e. The quantitative estimate of drug-likeness (QED) is 0.707. The molecule has 29 heavy (non-hydrogen) atoms. The Morgan fingerprint density at radius 3 is 2.38 bits per heavy atom. The molecule has 148 valence electrons. The third-order valence-electron chi connectivity index (χ3n) is 4.89. The van der Waals surface area contributed by atoms with Crippen LogP contribution in [-0.2, 0) is 0 Å². The summed E-state index contributed by atoms with van der Waals surface area (Å²) in [6.45, 7) is 1.18. The predicted molar refractivity (Wildman–Crippen MR) is 109 cm³/mol. The lowest BCUT2D eigenvalue weighted by atomic mass is 9.97. The number of hydrogen-bond donors (Lipinski definition) is 1. The molecular weight excluding hydrogens is 391 g/mol. The highest BCUT2D eigenvalue weighted by Gasteiger charge is 2.27. The molecule has 4 rings (SSSR count). The zero-order valence-corrected chi connectivity index (χ0v) is 16.4. The molecule has 6 nitrogen and oxygen atoms in total. The predicted octanol–water partition coefficient (Wildman–Crippen LogP) is 3.95. The van der Waals surface area contributed by atoms with Gasteiger partial charge in [0, 0.05) is 30.3 Å². The minimum atomic E-state index is -0.358. The van der Waals surface area contributed by atoms with Gasteiger partial charge in [0.15, 0.2) is 0 Å². The molecule has 3 aromatic rings. The van der Waals surface area contributed by atoms with Gasteiger partial charge in [-0.05, 0) is 49.2 Å². The van der Waals surface area contributed by atoms with Gasteiger partial charge in [-0.3, -0.25) is 9.59 Å². The molecule has 0 aliphatic carbocycles. The number of nitrogens with zero attached hydrogens (tertiary/aromatic N) is 3. The van der Waals surface area contributed by atoms with Crippen LogP contribution in [0, 0.1) is 5.82 Å². The Labute approximate surface area is 171 Å². The van der Waals surface area contributed by atoms with Gasteiger partial charge in [-0.1, -0.05) is 29.5 Å². The average molecular weight is 410 g/mol. The van der Waals surface area contributed by atoms with E-state index in [4.69, 9.17) is 0 Å². The number of rotatable bonds is 4. The molecule has 2 amide bonds. The first-order valence-electron chi connectivity index (χ1n) is 9.35. The van der Waals surface area contributed by atoms with Gasteiger partial charge in [0.25, 0.3) is 11.8 Å². The van der Waals surface area contributed by atoms with Crippen molar-refractivity contribution in [1.29, 1.82) is 0 Å². The van der Waals surface area contributed by atoms with Gasteiger partial charge < -0.3 is 10.2 Å². The van der Waals surface area contributed by atoms with E-state index in [9.17, 15) is 14.0 Å². The van der Waals surface area contributed by atoms with Crippen LogP contribution in [-0.4, -0.2) is 40.0 Å². The van der Waals surface area contributed by atoms with E-state index in [1.807, 2.05) is 30.3 Å². The summed E-state index contributed by atoms with van der Waals surface area (Å²) < 4.78 is 13.0. The van der Waals surface area contributed by atoms with Gasteiger partial charge >= 0.3 is 0 Å². The fraction of sp³-hybridized carbons (Fsp3) is 0.238. The smallest absolute Gasteiger partial charge is 0.286 e. The molecule has 2 heterocycles. The van der Waals surface area contributed by atoms with Crippen molar-refractivity contribution in [3.05, 3.63) is 76.0 Å². The summed E-state index contributed by atoms with van der Waals surface area (Å²) in [5.74, 6) is -0.556. The summed E-state index contributed by atoms with van der Waals surface area (Å²) in [5, 5.41) is 12.2. The van der Waals surface area contributed by atoms with Crippen molar-refractivity contribution in [2.75, 3.05) is 18.4 Å². The first kappa shape index (κ1) is 19.2. The number of carbonyl (C=O) groups is 2. The number of aromatic nitrogens is 2. The van der Waals surface area contributed by atoms with Crippen LogP contribution >= 0.6 is 11.3 Å². The van der Waals surface area contributed by atoms with Crippen molar-refractivity contribution in [1.82, 2.24) is 15.1 Å². The van der Waals surface area contributed by atoms with E-state index < -0.39 is 0 Å². The third kappa shape index (κ3) is 4.48. The van der Waals surface area contributed by atoms with Crippen molar-refractivity contribution >= 4 is 28.8 Å². The second-order valence-electron chi connectivity index (χ2n) is 6.84. The summed E-state index contributed by atoms with van der Waals surface area (Å²) in [6.07, 6.45) is 1.50. The Morgan fingerprint density at radius 2 is 1.69 bits per heavy atom. The second kappa shape index (κ2) is 8.48. The number of benzene rings is 2. The van der Waals surface area contributed by atoms with Gasteiger partial charge in [-0.15, -0.1) is 10.2 Å². The highest BCUT2D eigenvalue weighted by Crippen LogP contribution is 2.31. The molecule has 0 spiro atoms. The lowest BCUT2D eigenvalue weighted by Gasteiger charge is -2.31. The normalized spacial score (nSPS) is 14.6. The first-order valence-corrected chi connectivity index (χ1v) is 10.2. The largest absolute Gasteiger partial charge is 0.339 e. The van der Waals surface area contributed by atoms with Gasteiger partial charge in [0.05, 0.1) is 0 Å². The van der Waals surface area contributed by atoms with Gasteiger partial charge in [0.2, 0.25) is 5.01 Å². The van der Waals surface area contributed by atoms with Crippen LogP contribution in [0.4, 0.5) is 10.1 Å². The van der Waals surface area contributed by atoms with E-state index in [1.165, 1.54) is 35.6 Å². The molecule has 0 bridgehead atoms. The van der Waals surface area contributed by atoms with Crippen LogP contribution in [0.15, 0.2) is 54.6 Å². The highest BCUT2D eigenvalue weighted by atomic mass is 32.1. The van der Waals surface area contributed by atoms with Gasteiger partial charge in [0.1, 0.15) is 10.8 Å². The molecule has 1 saturated heterocycles. The molecule has 1 N–H and O–H groups in total. The fourth-order valence-corrected chi connectivity index (χ4v) is 4.21. The van der Waals surface area contributed by atoms with Crippen molar-refractivity contribution in [3.63, 3.8) is 0 Å². The standard InChI is InChI=1S/C21H19FN4O2S/c22-16-8-6-15(7-9-16)21(28)26-12-10-14(11-13-26)19-24-25-20(29-19)18(27)23-17-4-2-1-3-5-17/h1-9,14H,10-13H2,(H,23,27). The maximum atomic E-state index is 13.0. The summed E-state index contributed by atoms with van der Waals surface area (Å²) >= 11 is 1.29. The van der Waals surface area contributed by atoms with E-state index in [2.05, 4.69) is 15.5 Å². The molecule has 1 aromatic heterocycles. The highest BCUT2D eigenvalue weighted by molar-refractivity contribution is 7.13. The lowest BCUT2D eigenvalue weighted by Crippen LogP contribution is -2.37. The van der Waals surface area contributed by atoms with Crippen LogP contribution < -0.4 is 5.32 Å². The van der Waals surface area contributed by atoms with E-state index in [-0.39, 0.29) is 23.5 Å². The van der Waals surface area contributed by atoms with Gasteiger partial charge in [-0.2, -0.15) is 0 Å². The average Bonchev–Trinajstić information content (AvgIpc) is 3.25. The van der Waals surface area contributed by atoms with Crippen molar-refractivity contribution in [3.8, 4) is 0 Å². The molecular formula is C21H19FN4O2S. The molecule has 0 radical (unpaired) electrons. The Kier molecular flexibility index (Phi) is 5.62. The monoisotopic (exact) mass is 410 g/mol. The number of anilines is 1. The summed E-state index contributed by atoms with van der Waals surface area (Å²) in [4.78, 5) is 26.7. The lowest BCUT2D eigenvalue weighted by molar-refractivity contribution is 0.0712. The molecule has 0 atom stereocenters. The third-order valence-corrected chi connectivity index (χ3v) is 5.97. The van der Waals surface area contributed by atoms with E-state index in [0.29, 0.717) is 29.3 Å². The number of amides is 2. The second-order valence-corrected chi connectivity index (χ2v) is 7.85. The zero-order valence-electron chi connectivity index (χ0n) is 15.5. The van der Waals surface area contributed by atoms with E-state index >= 15 is 0 Å². The van der Waals surface area contributed by atoms with E-state index in [1.54, 1.807) is 4.90 Å². The Bertz CT molecular complexity index is 999. The zero-order chi connectivity index (χ0) is 20.2. The van der Waals surface area contributed by atoms with Crippen LogP contribution in [0.2, 0.25) is 0 Å². The number of hydrogen-bond acceptors (Lipinski definition) is 5. The summed E-state index contributed by atoms with van der Waals surface area (Å²) in [6, 6.07) is 14.8. The molecule has 1 aliphatic heterocycles. The van der Waals surface area contributed by atoms with Crippen molar-refractivity contribution in [2.45, 2.75) is 18.8 Å². The molecule has 0 unspecified atom stereocenters. The first-order chi connectivity index (χ1) is 14.1.